The fraction of sp³-hybridized carbons (Fsp3) is 0.385. The highest BCUT2D eigenvalue weighted by molar-refractivity contribution is 5.72. The Hall–Kier alpha value is -2.30. The number of nitrogens with zero attached hydrogens (tertiary/aromatic N) is 1. The van der Waals surface area contributed by atoms with Crippen LogP contribution in [0.5, 0.6) is 11.5 Å². The van der Waals surface area contributed by atoms with Crippen molar-refractivity contribution in [3.05, 3.63) is 23.3 Å². The lowest BCUT2D eigenvalue weighted by Crippen LogP contribution is -2.34. The van der Waals surface area contributed by atoms with Gasteiger partial charge in [0.15, 0.2) is 11.5 Å². The third-order valence-corrected chi connectivity index (χ3v) is 2.70. The quantitative estimate of drug-likeness (QED) is 0.592. The molecule has 0 saturated carbocycles. The van der Waals surface area contributed by atoms with Gasteiger partial charge in [0.25, 0.3) is 0 Å². The largest absolute Gasteiger partial charge is 0.504 e. The molecule has 1 aromatic carbocycles. The Balaban J connectivity index is 3.05. The van der Waals surface area contributed by atoms with Gasteiger partial charge in [0.05, 0.1) is 18.7 Å². The van der Waals surface area contributed by atoms with Crippen molar-refractivity contribution in [1.82, 2.24) is 5.32 Å². The lowest BCUT2D eigenvalue weighted by Gasteiger charge is -2.20. The van der Waals surface area contributed by atoms with Gasteiger partial charge in [-0.3, -0.25) is 4.79 Å². The van der Waals surface area contributed by atoms with Crippen molar-refractivity contribution in [3.8, 4) is 17.6 Å². The van der Waals surface area contributed by atoms with Crippen LogP contribution in [0, 0.1) is 11.3 Å². The summed E-state index contributed by atoms with van der Waals surface area (Å²) in [4.78, 5) is 10.8. The molecule has 7 nitrogen and oxygen atoms in total. The summed E-state index contributed by atoms with van der Waals surface area (Å²) in [5, 5.41) is 40.9. The molecule has 1 rings (SSSR count). The monoisotopic (exact) mass is 280 g/mol. The molecule has 7 heteroatoms. The number of aliphatic hydroxyl groups is 2. The zero-order valence-electron chi connectivity index (χ0n) is 11.1. The molecule has 4 N–H and O–H groups in total. The minimum atomic E-state index is -1.47. The molecular weight excluding hydrogens is 264 g/mol. The van der Waals surface area contributed by atoms with E-state index in [0.29, 0.717) is 0 Å². The lowest BCUT2D eigenvalue weighted by molar-refractivity contribution is -0.119. The van der Waals surface area contributed by atoms with Crippen molar-refractivity contribution in [2.75, 3.05) is 13.7 Å². The molecule has 0 aromatic heterocycles. The van der Waals surface area contributed by atoms with Crippen molar-refractivity contribution in [2.45, 2.75) is 19.1 Å². The van der Waals surface area contributed by atoms with Crippen molar-refractivity contribution in [3.63, 3.8) is 0 Å². The summed E-state index contributed by atoms with van der Waals surface area (Å²) in [6, 6.07) is 4.42. The number of carbonyl (C=O) groups is 1. The van der Waals surface area contributed by atoms with Crippen LogP contribution in [0.4, 0.5) is 0 Å². The van der Waals surface area contributed by atoms with E-state index in [4.69, 9.17) is 10.00 Å². The predicted octanol–water partition coefficient (Wildman–Crippen LogP) is -0.197. The number of phenolic OH excluding ortho intramolecular Hbond substituents is 1. The first kappa shape index (κ1) is 15.8. The molecule has 0 aliphatic rings. The molecule has 2 unspecified atom stereocenters. The molecule has 0 saturated heterocycles. The molecule has 1 aromatic rings. The average Bonchev–Trinajstić information content (AvgIpc) is 2.44. The highest BCUT2D eigenvalue weighted by Gasteiger charge is 2.24. The Bertz CT molecular complexity index is 538. The Labute approximate surface area is 116 Å². The smallest absolute Gasteiger partial charge is 0.216 e. The van der Waals surface area contributed by atoms with Crippen molar-refractivity contribution < 1.29 is 24.9 Å². The standard InChI is InChI=1S/C13H16N2O5/c1-7(16)15-6-10(17)12(18)9-3-8(5-14)4-11(20-2)13(9)19/h3-4,10,12,17-19H,6H2,1-2H3,(H,15,16). The Morgan fingerprint density at radius 2 is 2.15 bits per heavy atom. The van der Waals surface area contributed by atoms with E-state index in [2.05, 4.69) is 5.32 Å². The van der Waals surface area contributed by atoms with Gasteiger partial charge < -0.3 is 25.4 Å². The molecule has 2 atom stereocenters. The summed E-state index contributed by atoms with van der Waals surface area (Å²) in [6.45, 7) is 1.09. The van der Waals surface area contributed by atoms with E-state index in [1.807, 2.05) is 6.07 Å². The van der Waals surface area contributed by atoms with Crippen LogP contribution < -0.4 is 10.1 Å². The fourth-order valence-corrected chi connectivity index (χ4v) is 1.64. The van der Waals surface area contributed by atoms with Crippen LogP contribution in [-0.4, -0.2) is 41.0 Å². The third kappa shape index (κ3) is 3.60. The van der Waals surface area contributed by atoms with E-state index in [1.54, 1.807) is 0 Å². The molecule has 0 heterocycles. The molecule has 108 valence electrons. The SMILES string of the molecule is COc1cc(C#N)cc(C(O)C(O)CNC(C)=O)c1O. The summed E-state index contributed by atoms with van der Waals surface area (Å²) < 4.78 is 4.89. The van der Waals surface area contributed by atoms with Crippen LogP contribution in [0.2, 0.25) is 0 Å². The summed E-state index contributed by atoms with van der Waals surface area (Å²) in [5.41, 5.74) is 0.124. The number of amides is 1. The number of benzene rings is 1. The number of ether oxygens (including phenoxy) is 1. The maximum Gasteiger partial charge on any atom is 0.216 e. The zero-order valence-corrected chi connectivity index (χ0v) is 11.1. The van der Waals surface area contributed by atoms with Crippen LogP contribution in [0.1, 0.15) is 24.2 Å². The third-order valence-electron chi connectivity index (χ3n) is 2.70. The number of aliphatic hydroxyl groups excluding tert-OH is 2. The molecule has 0 fully saturated rings. The molecule has 0 spiro atoms. The second-order valence-electron chi connectivity index (χ2n) is 4.18. The van der Waals surface area contributed by atoms with E-state index in [0.717, 1.165) is 0 Å². The molecular formula is C13H16N2O5. The first-order valence-corrected chi connectivity index (χ1v) is 5.82. The molecule has 0 bridgehead atoms. The van der Waals surface area contributed by atoms with Gasteiger partial charge in [-0.1, -0.05) is 0 Å². The Morgan fingerprint density at radius 1 is 1.50 bits per heavy atom. The number of carbonyl (C=O) groups excluding carboxylic acids is 1. The van der Waals surface area contributed by atoms with Crippen molar-refractivity contribution in [2.24, 2.45) is 0 Å². The van der Waals surface area contributed by atoms with Gasteiger partial charge in [-0.15, -0.1) is 0 Å². The number of nitrogens with one attached hydrogen (secondary N) is 1. The van der Waals surface area contributed by atoms with Gasteiger partial charge in [0.2, 0.25) is 5.91 Å². The number of methoxy groups -OCH3 is 1. The summed E-state index contributed by atoms with van der Waals surface area (Å²) in [5.74, 6) is -0.700. The topological polar surface area (TPSA) is 123 Å². The zero-order chi connectivity index (χ0) is 15.3. The first-order chi connectivity index (χ1) is 9.40. The van der Waals surface area contributed by atoms with E-state index >= 15 is 0 Å². The summed E-state index contributed by atoms with van der Waals surface area (Å²) in [7, 11) is 1.31. The first-order valence-electron chi connectivity index (χ1n) is 5.82. The van der Waals surface area contributed by atoms with Crippen LogP contribution in [0.3, 0.4) is 0 Å². The van der Waals surface area contributed by atoms with E-state index in [1.165, 1.54) is 26.2 Å². The number of phenols is 1. The van der Waals surface area contributed by atoms with E-state index < -0.39 is 12.2 Å². The minimum Gasteiger partial charge on any atom is -0.504 e. The molecule has 1 amide bonds. The predicted molar refractivity (Wildman–Crippen MR) is 69.0 cm³/mol. The normalized spacial score (nSPS) is 13.2. The average molecular weight is 280 g/mol. The number of hydrogen-bond donors (Lipinski definition) is 4. The molecule has 0 radical (unpaired) electrons. The van der Waals surface area contributed by atoms with Gasteiger partial charge >= 0.3 is 0 Å². The number of rotatable bonds is 5. The van der Waals surface area contributed by atoms with Gasteiger partial charge in [-0.05, 0) is 6.07 Å². The maximum atomic E-state index is 10.8. The van der Waals surface area contributed by atoms with Crippen molar-refractivity contribution >= 4 is 5.91 Å². The number of aromatic hydroxyl groups is 1. The van der Waals surface area contributed by atoms with Gasteiger partial charge in [0, 0.05) is 25.1 Å². The maximum absolute atomic E-state index is 10.8. The van der Waals surface area contributed by atoms with Gasteiger partial charge in [-0.2, -0.15) is 5.26 Å². The van der Waals surface area contributed by atoms with E-state index in [9.17, 15) is 20.1 Å². The van der Waals surface area contributed by atoms with Crippen LogP contribution in [0.15, 0.2) is 12.1 Å². The summed E-state index contributed by atoms with van der Waals surface area (Å²) in [6.07, 6.45) is -2.80. The molecule has 0 aliphatic carbocycles. The minimum absolute atomic E-state index is 0.0184. The highest BCUT2D eigenvalue weighted by atomic mass is 16.5. The molecule has 20 heavy (non-hydrogen) atoms. The highest BCUT2D eigenvalue weighted by Crippen LogP contribution is 2.36. The van der Waals surface area contributed by atoms with Crippen molar-refractivity contribution in [1.29, 1.82) is 5.26 Å². The summed E-state index contributed by atoms with van der Waals surface area (Å²) >= 11 is 0. The second kappa shape index (κ2) is 6.75. The van der Waals surface area contributed by atoms with Gasteiger partial charge in [-0.25, -0.2) is 0 Å². The van der Waals surface area contributed by atoms with Crippen LogP contribution in [0.25, 0.3) is 0 Å². The van der Waals surface area contributed by atoms with Crippen LogP contribution >= 0.6 is 0 Å². The Morgan fingerprint density at radius 3 is 2.65 bits per heavy atom. The number of nitriles is 1. The van der Waals surface area contributed by atoms with Crippen LogP contribution in [-0.2, 0) is 4.79 Å². The van der Waals surface area contributed by atoms with E-state index in [-0.39, 0.29) is 35.1 Å². The fourth-order valence-electron chi connectivity index (χ4n) is 1.64. The second-order valence-corrected chi connectivity index (χ2v) is 4.18. The van der Waals surface area contributed by atoms with Gasteiger partial charge in [0.1, 0.15) is 12.2 Å². The number of hydrogen-bond acceptors (Lipinski definition) is 6. The Kier molecular flexibility index (Phi) is 5.32. The molecule has 0 aliphatic heterocycles. The lowest BCUT2D eigenvalue weighted by atomic mass is 10.00.